The number of hydrogen-bond acceptors (Lipinski definition) is 3. The number of amides is 1. The molecule has 0 fully saturated rings. The van der Waals surface area contributed by atoms with E-state index >= 15 is 0 Å². The van der Waals surface area contributed by atoms with Crippen LogP contribution in [-0.2, 0) is 9.59 Å². The lowest BCUT2D eigenvalue weighted by molar-refractivity contribution is -0.131. The summed E-state index contributed by atoms with van der Waals surface area (Å²) in [6.45, 7) is -0.221. The standard InChI is InChI=1S/C12H7ClFNO4/c13-6-3-4-7(14)10-9(6)11(18)12(19)15(10)5-1-2-8(16)17/h1-4H,5H2,(H,16,17). The van der Waals surface area contributed by atoms with Crippen LogP contribution in [0.15, 0.2) is 24.3 Å². The average molecular weight is 284 g/mol. The summed E-state index contributed by atoms with van der Waals surface area (Å²) in [6, 6.07) is 2.23. The van der Waals surface area contributed by atoms with Gasteiger partial charge in [0.15, 0.2) is 0 Å². The molecule has 1 amide bonds. The molecule has 0 unspecified atom stereocenters. The number of fused-ring (bicyclic) bond motifs is 1. The van der Waals surface area contributed by atoms with Crippen molar-refractivity contribution < 1.29 is 23.9 Å². The molecule has 0 bridgehead atoms. The number of halogens is 2. The maximum atomic E-state index is 13.7. The zero-order chi connectivity index (χ0) is 14.2. The van der Waals surface area contributed by atoms with Crippen molar-refractivity contribution in [2.45, 2.75) is 0 Å². The second kappa shape index (κ2) is 4.81. The Labute approximate surface area is 111 Å². The lowest BCUT2D eigenvalue weighted by Crippen LogP contribution is -2.30. The number of ketones is 1. The highest BCUT2D eigenvalue weighted by atomic mass is 35.5. The van der Waals surface area contributed by atoms with E-state index in [0.717, 1.165) is 23.1 Å². The number of carbonyl (C=O) groups is 3. The van der Waals surface area contributed by atoms with Crippen molar-refractivity contribution in [1.82, 2.24) is 0 Å². The van der Waals surface area contributed by atoms with Crippen LogP contribution in [0.1, 0.15) is 10.4 Å². The third kappa shape index (κ3) is 2.22. The number of hydrogen-bond donors (Lipinski definition) is 1. The zero-order valence-corrected chi connectivity index (χ0v) is 10.1. The Balaban J connectivity index is 2.44. The van der Waals surface area contributed by atoms with Crippen molar-refractivity contribution in [2.75, 3.05) is 11.4 Å². The monoisotopic (exact) mass is 283 g/mol. The van der Waals surface area contributed by atoms with Crippen LogP contribution in [0.3, 0.4) is 0 Å². The molecule has 1 N–H and O–H groups in total. The molecule has 1 heterocycles. The van der Waals surface area contributed by atoms with Crippen LogP contribution in [0.5, 0.6) is 0 Å². The first-order valence-electron chi connectivity index (χ1n) is 5.17. The van der Waals surface area contributed by atoms with Crippen LogP contribution in [0.2, 0.25) is 5.02 Å². The molecule has 1 aromatic rings. The molecule has 0 aromatic heterocycles. The SMILES string of the molecule is O=C(O)C=CCN1C(=O)C(=O)c2c(Cl)ccc(F)c21. The van der Waals surface area contributed by atoms with Gasteiger partial charge in [-0.1, -0.05) is 17.7 Å². The van der Waals surface area contributed by atoms with E-state index in [1.807, 2.05) is 0 Å². The normalized spacial score (nSPS) is 14.3. The Morgan fingerprint density at radius 1 is 1.42 bits per heavy atom. The smallest absolute Gasteiger partial charge is 0.328 e. The highest BCUT2D eigenvalue weighted by molar-refractivity contribution is 6.55. The molecule has 1 aromatic carbocycles. The Kier molecular flexibility index (Phi) is 3.35. The van der Waals surface area contributed by atoms with E-state index in [4.69, 9.17) is 16.7 Å². The predicted molar refractivity (Wildman–Crippen MR) is 64.9 cm³/mol. The summed E-state index contributed by atoms with van der Waals surface area (Å²) in [6.07, 6.45) is 1.95. The highest BCUT2D eigenvalue weighted by Crippen LogP contribution is 2.36. The molecular weight excluding hydrogens is 277 g/mol. The number of rotatable bonds is 3. The Morgan fingerprint density at radius 3 is 2.74 bits per heavy atom. The number of anilines is 1. The Bertz CT molecular complexity index is 626. The lowest BCUT2D eigenvalue weighted by atomic mass is 10.1. The number of aliphatic carboxylic acids is 1. The first-order valence-corrected chi connectivity index (χ1v) is 5.55. The van der Waals surface area contributed by atoms with Gasteiger partial charge in [-0.05, 0) is 12.1 Å². The molecule has 0 saturated heterocycles. The summed E-state index contributed by atoms with van der Waals surface area (Å²) in [5, 5.41) is 8.43. The first kappa shape index (κ1) is 13.2. The molecule has 0 saturated carbocycles. The summed E-state index contributed by atoms with van der Waals surface area (Å²) in [7, 11) is 0. The van der Waals surface area contributed by atoms with E-state index in [-0.39, 0.29) is 22.8 Å². The van der Waals surface area contributed by atoms with Gasteiger partial charge in [-0.3, -0.25) is 14.5 Å². The van der Waals surface area contributed by atoms with Crippen molar-refractivity contribution in [3.05, 3.63) is 40.7 Å². The highest BCUT2D eigenvalue weighted by Gasteiger charge is 2.39. The second-order valence-electron chi connectivity index (χ2n) is 3.74. The molecule has 1 aliphatic rings. The third-order valence-electron chi connectivity index (χ3n) is 2.56. The second-order valence-corrected chi connectivity index (χ2v) is 4.15. The molecule has 0 aliphatic carbocycles. The number of Topliss-reactive ketones (excluding diaryl/α,β-unsaturated/α-hetero) is 1. The van der Waals surface area contributed by atoms with E-state index in [1.165, 1.54) is 6.07 Å². The largest absolute Gasteiger partial charge is 0.478 e. The Morgan fingerprint density at radius 2 is 2.11 bits per heavy atom. The summed E-state index contributed by atoms with van der Waals surface area (Å²) in [4.78, 5) is 34.6. The van der Waals surface area contributed by atoms with Crippen molar-refractivity contribution in [1.29, 1.82) is 0 Å². The zero-order valence-electron chi connectivity index (χ0n) is 9.39. The summed E-state index contributed by atoms with van der Waals surface area (Å²) in [5.41, 5.74) is -0.395. The fraction of sp³-hybridized carbons (Fsp3) is 0.0833. The summed E-state index contributed by atoms with van der Waals surface area (Å²) in [5.74, 6) is -3.80. The van der Waals surface area contributed by atoms with Gasteiger partial charge in [0.1, 0.15) is 5.82 Å². The summed E-state index contributed by atoms with van der Waals surface area (Å²) >= 11 is 5.77. The number of carbonyl (C=O) groups excluding carboxylic acids is 2. The van der Waals surface area contributed by atoms with E-state index in [1.54, 1.807) is 0 Å². The van der Waals surface area contributed by atoms with Gasteiger partial charge in [-0.25, -0.2) is 9.18 Å². The first-order chi connectivity index (χ1) is 8.93. The molecule has 0 spiro atoms. The molecule has 98 valence electrons. The van der Waals surface area contributed by atoms with Gasteiger partial charge in [-0.2, -0.15) is 0 Å². The van der Waals surface area contributed by atoms with Gasteiger partial charge < -0.3 is 5.11 Å². The van der Waals surface area contributed by atoms with E-state index < -0.39 is 23.5 Å². The number of carboxylic acid groups (broad SMARTS) is 1. The minimum absolute atomic E-state index is 0.0144. The van der Waals surface area contributed by atoms with Gasteiger partial charge in [-0.15, -0.1) is 0 Å². The van der Waals surface area contributed by atoms with Crippen molar-refractivity contribution in [3.8, 4) is 0 Å². The minimum atomic E-state index is -1.20. The van der Waals surface area contributed by atoms with Crippen LogP contribution in [-0.4, -0.2) is 29.3 Å². The minimum Gasteiger partial charge on any atom is -0.478 e. The van der Waals surface area contributed by atoms with Gasteiger partial charge >= 0.3 is 5.97 Å². The fourth-order valence-corrected chi connectivity index (χ4v) is 2.02. The lowest BCUT2D eigenvalue weighted by Gasteiger charge is -2.14. The fourth-order valence-electron chi connectivity index (χ4n) is 1.79. The number of benzene rings is 1. The summed E-state index contributed by atoms with van der Waals surface area (Å²) < 4.78 is 13.7. The number of nitrogens with zero attached hydrogens (tertiary/aromatic N) is 1. The van der Waals surface area contributed by atoms with E-state index in [2.05, 4.69) is 0 Å². The molecule has 5 nitrogen and oxygen atoms in total. The van der Waals surface area contributed by atoms with Gasteiger partial charge in [0.2, 0.25) is 0 Å². The van der Waals surface area contributed by atoms with Crippen LogP contribution < -0.4 is 4.90 Å². The molecule has 0 atom stereocenters. The van der Waals surface area contributed by atoms with E-state index in [9.17, 15) is 18.8 Å². The molecule has 19 heavy (non-hydrogen) atoms. The van der Waals surface area contributed by atoms with Crippen LogP contribution in [0.4, 0.5) is 10.1 Å². The van der Waals surface area contributed by atoms with Crippen molar-refractivity contribution in [2.24, 2.45) is 0 Å². The van der Waals surface area contributed by atoms with E-state index in [0.29, 0.717) is 0 Å². The van der Waals surface area contributed by atoms with Crippen LogP contribution in [0.25, 0.3) is 0 Å². The van der Waals surface area contributed by atoms with Crippen LogP contribution >= 0.6 is 11.6 Å². The van der Waals surface area contributed by atoms with Gasteiger partial charge in [0, 0.05) is 12.6 Å². The van der Waals surface area contributed by atoms with Gasteiger partial charge in [0.05, 0.1) is 16.3 Å². The maximum Gasteiger partial charge on any atom is 0.328 e. The maximum absolute atomic E-state index is 13.7. The topological polar surface area (TPSA) is 74.7 Å². The van der Waals surface area contributed by atoms with Gasteiger partial charge in [0.25, 0.3) is 11.7 Å². The Hall–Kier alpha value is -2.21. The third-order valence-corrected chi connectivity index (χ3v) is 2.88. The molecular formula is C12H7ClFNO4. The quantitative estimate of drug-likeness (QED) is 0.676. The van der Waals surface area contributed by atoms with Crippen molar-refractivity contribution in [3.63, 3.8) is 0 Å². The predicted octanol–water partition coefficient (Wildman–Crippen LogP) is 1.65. The molecule has 2 rings (SSSR count). The molecule has 7 heteroatoms. The number of carboxylic acids is 1. The van der Waals surface area contributed by atoms with Crippen molar-refractivity contribution >= 4 is 34.9 Å². The average Bonchev–Trinajstić information content (AvgIpc) is 2.59. The molecule has 1 aliphatic heterocycles. The van der Waals surface area contributed by atoms with Crippen LogP contribution in [0, 0.1) is 5.82 Å². The molecule has 0 radical (unpaired) electrons.